The van der Waals surface area contributed by atoms with Gasteiger partial charge in [0.05, 0.1) is 36.5 Å². The molecule has 53 heavy (non-hydrogen) atoms. The highest BCUT2D eigenvalue weighted by Gasteiger charge is 2.56. The third-order valence-electron chi connectivity index (χ3n) is 10.7. The second kappa shape index (κ2) is 18.5. The van der Waals surface area contributed by atoms with Crippen molar-refractivity contribution in [2.24, 2.45) is 0 Å². The fourth-order valence-corrected chi connectivity index (χ4v) is 11.1. The summed E-state index contributed by atoms with van der Waals surface area (Å²) in [5.74, 6) is 3.46. The van der Waals surface area contributed by atoms with Crippen molar-refractivity contribution in [1.82, 2.24) is 4.90 Å². The summed E-state index contributed by atoms with van der Waals surface area (Å²) in [6, 6.07) is 26.5. The zero-order valence-corrected chi connectivity index (χ0v) is 34.9. The number of benzene rings is 3. The van der Waals surface area contributed by atoms with E-state index in [1.807, 2.05) is 101 Å². The summed E-state index contributed by atoms with van der Waals surface area (Å²) < 4.78 is 25.4. The minimum Gasteiger partial charge on any atom is -0.497 e. The van der Waals surface area contributed by atoms with Crippen LogP contribution in [-0.4, -0.2) is 72.6 Å². The summed E-state index contributed by atoms with van der Waals surface area (Å²) in [4.78, 5) is 31.8. The van der Waals surface area contributed by atoms with Gasteiger partial charge in [-0.3, -0.25) is 9.69 Å². The fourth-order valence-electron chi connectivity index (χ4n) is 6.96. The smallest absolute Gasteiger partial charge is 0.416 e. The Morgan fingerprint density at radius 3 is 2.19 bits per heavy atom. The van der Waals surface area contributed by atoms with E-state index in [4.69, 9.17) is 18.6 Å². The van der Waals surface area contributed by atoms with Crippen molar-refractivity contribution in [3.8, 4) is 11.5 Å². The number of nitrogens with zero attached hydrogens (tertiary/aromatic N) is 1. The van der Waals surface area contributed by atoms with Crippen molar-refractivity contribution < 1.29 is 28.2 Å². The first-order chi connectivity index (χ1) is 25.3. The molecule has 3 atom stereocenters. The summed E-state index contributed by atoms with van der Waals surface area (Å²) in [6.45, 7) is 16.1. The van der Waals surface area contributed by atoms with Gasteiger partial charge in [-0.1, -0.05) is 88.0 Å². The lowest BCUT2D eigenvalue weighted by Gasteiger charge is -2.55. The Bertz CT molecular complexity index is 1640. The number of methoxy groups -OCH3 is 1. The number of hydrogen-bond acceptors (Lipinski definition) is 8. The van der Waals surface area contributed by atoms with E-state index in [0.29, 0.717) is 42.8 Å². The SMILES string of the molecule is C=C(COCc1ccccc1)C[C@]1(CCC2SCCCS2)CC(=O)[C@H](O[Si](C)(C)C(C)(C)C)[C@H](Cc2ccc(OC)cc2)N1C(=O)Oc1ccccc1. The summed E-state index contributed by atoms with van der Waals surface area (Å²) >= 11 is 3.95. The van der Waals surface area contributed by atoms with E-state index in [1.165, 1.54) is 6.42 Å². The molecule has 0 aliphatic carbocycles. The van der Waals surface area contributed by atoms with E-state index in [0.717, 1.165) is 40.4 Å². The van der Waals surface area contributed by atoms with Crippen molar-refractivity contribution >= 4 is 43.7 Å². The number of likely N-dealkylation sites (tertiary alicyclic amines) is 1. The minimum atomic E-state index is -2.48. The lowest BCUT2D eigenvalue weighted by atomic mass is 9.73. The number of ether oxygens (including phenoxy) is 3. The normalized spacial score (nSPS) is 21.3. The van der Waals surface area contributed by atoms with Crippen LogP contribution in [-0.2, 0) is 27.0 Å². The Hall–Kier alpha value is -3.02. The molecule has 0 saturated carbocycles. The Balaban J connectivity index is 1.58. The minimum absolute atomic E-state index is 0.0269. The Kier molecular flexibility index (Phi) is 14.4. The van der Waals surface area contributed by atoms with Gasteiger partial charge in [-0.15, -0.1) is 23.5 Å². The molecule has 0 unspecified atom stereocenters. The molecule has 2 saturated heterocycles. The number of para-hydroxylation sites is 1. The van der Waals surface area contributed by atoms with E-state index in [2.05, 4.69) is 40.4 Å². The molecule has 2 heterocycles. The molecule has 1 amide bonds. The molecule has 286 valence electrons. The van der Waals surface area contributed by atoms with Gasteiger partial charge in [0, 0.05) is 6.42 Å². The van der Waals surface area contributed by atoms with Gasteiger partial charge in [0.25, 0.3) is 0 Å². The third-order valence-corrected chi connectivity index (χ3v) is 18.3. The average molecular weight is 776 g/mol. The zero-order chi connectivity index (χ0) is 38.1. The number of amides is 1. The predicted molar refractivity (Wildman–Crippen MR) is 222 cm³/mol. The summed E-state index contributed by atoms with van der Waals surface area (Å²) in [5.41, 5.74) is 1.98. The fraction of sp³-hybridized carbons (Fsp3) is 0.488. The maximum atomic E-state index is 15.0. The van der Waals surface area contributed by atoms with Gasteiger partial charge in [-0.25, -0.2) is 4.79 Å². The Morgan fingerprint density at radius 2 is 1.57 bits per heavy atom. The first-order valence-electron chi connectivity index (χ1n) is 18.7. The number of thioether (sulfide) groups is 2. The molecule has 0 radical (unpaired) electrons. The molecule has 2 aliphatic heterocycles. The molecule has 10 heteroatoms. The molecule has 2 aliphatic rings. The van der Waals surface area contributed by atoms with Gasteiger partial charge in [-0.2, -0.15) is 0 Å². The summed E-state index contributed by atoms with van der Waals surface area (Å²) in [7, 11) is -0.838. The molecular weight excluding hydrogens is 719 g/mol. The van der Waals surface area contributed by atoms with Crippen LogP contribution < -0.4 is 9.47 Å². The van der Waals surface area contributed by atoms with Crippen LogP contribution >= 0.6 is 23.5 Å². The van der Waals surface area contributed by atoms with E-state index >= 15 is 0 Å². The molecule has 0 bridgehead atoms. The first kappa shape index (κ1) is 41.1. The number of carbonyl (C=O) groups excluding carboxylic acids is 2. The quantitative estimate of drug-likeness (QED) is 0.112. The average Bonchev–Trinajstić information content (AvgIpc) is 3.13. The van der Waals surface area contributed by atoms with Crippen molar-refractivity contribution in [2.75, 3.05) is 25.2 Å². The van der Waals surface area contributed by atoms with E-state index < -0.39 is 32.1 Å². The highest BCUT2D eigenvalue weighted by Crippen LogP contribution is 2.46. The summed E-state index contributed by atoms with van der Waals surface area (Å²) in [5, 5.41) is -0.151. The molecular formula is C43H57NO6S2Si. The van der Waals surface area contributed by atoms with Crippen LogP contribution in [0.2, 0.25) is 18.1 Å². The Labute approximate surface area is 326 Å². The van der Waals surface area contributed by atoms with Gasteiger partial charge in [-0.05, 0) is 103 Å². The maximum absolute atomic E-state index is 15.0. The standard InChI is InChI=1S/C43H57NO6S2Si/c1-32(30-48-31-34-15-10-8-11-16-34)28-43(24-23-39-51-25-14-26-52-39)29-38(45)40(50-53(6,7)42(2,3)4)37(27-33-19-21-35(47-5)22-20-33)44(43)41(46)49-36-17-12-9-13-18-36/h8-13,15-22,37,39-40H,1,14,23-31H2,2-7H3/t37-,40+,43+/m0/s1. The topological polar surface area (TPSA) is 74.3 Å². The number of hydrogen-bond donors (Lipinski definition) is 0. The van der Waals surface area contributed by atoms with Crippen LogP contribution in [0.5, 0.6) is 11.5 Å². The van der Waals surface area contributed by atoms with Crippen LogP contribution in [0.25, 0.3) is 0 Å². The van der Waals surface area contributed by atoms with Crippen molar-refractivity contribution in [1.29, 1.82) is 0 Å². The monoisotopic (exact) mass is 775 g/mol. The molecule has 7 nitrogen and oxygen atoms in total. The Morgan fingerprint density at radius 1 is 0.925 bits per heavy atom. The van der Waals surface area contributed by atoms with E-state index in [-0.39, 0.29) is 17.2 Å². The maximum Gasteiger partial charge on any atom is 0.416 e. The summed E-state index contributed by atoms with van der Waals surface area (Å²) in [6.07, 6.45) is 2.32. The predicted octanol–water partition coefficient (Wildman–Crippen LogP) is 10.3. The van der Waals surface area contributed by atoms with Gasteiger partial charge in [0.15, 0.2) is 14.1 Å². The lowest BCUT2D eigenvalue weighted by molar-refractivity contribution is -0.142. The molecule has 2 fully saturated rings. The second-order valence-corrected chi connectivity index (χ2v) is 23.5. The molecule has 3 aromatic carbocycles. The van der Waals surface area contributed by atoms with Crippen LogP contribution in [0.1, 0.15) is 64.0 Å². The largest absolute Gasteiger partial charge is 0.497 e. The highest BCUT2D eigenvalue weighted by atomic mass is 32.2. The zero-order valence-electron chi connectivity index (χ0n) is 32.3. The van der Waals surface area contributed by atoms with Crippen molar-refractivity contribution in [3.05, 3.63) is 108 Å². The lowest BCUT2D eigenvalue weighted by Crippen LogP contribution is -2.69. The van der Waals surface area contributed by atoms with Crippen LogP contribution in [0.3, 0.4) is 0 Å². The van der Waals surface area contributed by atoms with Crippen LogP contribution in [0, 0.1) is 0 Å². The first-order valence-corrected chi connectivity index (χ1v) is 23.7. The number of piperidine rings is 1. The second-order valence-electron chi connectivity index (χ2n) is 15.8. The van der Waals surface area contributed by atoms with Gasteiger partial charge < -0.3 is 18.6 Å². The number of carbonyl (C=O) groups is 2. The van der Waals surface area contributed by atoms with Crippen molar-refractivity contribution in [2.45, 2.75) is 106 Å². The van der Waals surface area contributed by atoms with Crippen LogP contribution in [0.4, 0.5) is 4.79 Å². The van der Waals surface area contributed by atoms with Gasteiger partial charge in [0.1, 0.15) is 17.6 Å². The third kappa shape index (κ3) is 11.0. The molecule has 0 N–H and O–H groups in total. The molecule has 0 aromatic heterocycles. The van der Waals surface area contributed by atoms with Crippen LogP contribution in [0.15, 0.2) is 97.1 Å². The van der Waals surface area contributed by atoms with E-state index in [9.17, 15) is 9.59 Å². The van der Waals surface area contributed by atoms with Gasteiger partial charge in [0.2, 0.25) is 0 Å². The highest BCUT2D eigenvalue weighted by molar-refractivity contribution is 8.17. The number of ketones is 1. The van der Waals surface area contributed by atoms with Gasteiger partial charge >= 0.3 is 6.09 Å². The molecule has 0 spiro atoms. The van der Waals surface area contributed by atoms with Crippen molar-refractivity contribution in [3.63, 3.8) is 0 Å². The molecule has 3 aromatic rings. The number of Topliss-reactive ketones (excluding diaryl/α,β-unsaturated/α-hetero) is 1. The van der Waals surface area contributed by atoms with E-state index in [1.54, 1.807) is 19.2 Å². The molecule has 5 rings (SSSR count). The number of rotatable bonds is 15.